The van der Waals surface area contributed by atoms with Gasteiger partial charge in [0.1, 0.15) is 17.6 Å². The lowest BCUT2D eigenvalue weighted by Gasteiger charge is -2.40. The molecule has 0 bridgehead atoms. The molecule has 5 aromatic rings. The van der Waals surface area contributed by atoms with E-state index in [1.807, 2.05) is 23.1 Å². The number of aromatic hydroxyl groups is 1. The number of H-pyrrole nitrogens is 1. The van der Waals surface area contributed by atoms with Crippen molar-refractivity contribution in [2.24, 2.45) is 0 Å². The molecule has 9 nitrogen and oxygen atoms in total. The van der Waals surface area contributed by atoms with Crippen molar-refractivity contribution in [1.29, 1.82) is 5.26 Å². The number of aryl methyl sites for hydroxylation is 1. The van der Waals surface area contributed by atoms with Gasteiger partial charge in [0, 0.05) is 59.8 Å². The number of carbonyl (C=O) groups excluding carboxylic acids is 2. The van der Waals surface area contributed by atoms with Crippen LogP contribution in [-0.2, 0) is 17.7 Å². The normalized spacial score (nSPS) is 15.9. The van der Waals surface area contributed by atoms with Crippen molar-refractivity contribution >= 4 is 34.8 Å². The second kappa shape index (κ2) is 14.6. The fourth-order valence-electron chi connectivity index (χ4n) is 7.31. The van der Waals surface area contributed by atoms with Crippen LogP contribution in [0.4, 0.5) is 15.8 Å². The largest absolute Gasteiger partial charge is 0.508 e. The van der Waals surface area contributed by atoms with Crippen molar-refractivity contribution in [1.82, 2.24) is 14.8 Å². The van der Waals surface area contributed by atoms with Crippen LogP contribution in [-0.4, -0.2) is 70.6 Å². The van der Waals surface area contributed by atoms with Gasteiger partial charge in [0.15, 0.2) is 0 Å². The zero-order valence-electron chi connectivity index (χ0n) is 28.8. The Morgan fingerprint density at radius 1 is 1.00 bits per heavy atom. The Morgan fingerprint density at radius 3 is 2.44 bits per heavy atom. The highest BCUT2D eigenvalue weighted by Gasteiger charge is 2.34. The van der Waals surface area contributed by atoms with Crippen molar-refractivity contribution in [3.63, 3.8) is 0 Å². The van der Waals surface area contributed by atoms with Crippen LogP contribution in [0.2, 0.25) is 5.02 Å². The third kappa shape index (κ3) is 6.78. The lowest BCUT2D eigenvalue weighted by Crippen LogP contribution is -2.52. The first-order valence-electron chi connectivity index (χ1n) is 17.1. The van der Waals surface area contributed by atoms with Crippen molar-refractivity contribution < 1.29 is 23.8 Å². The van der Waals surface area contributed by atoms with E-state index in [4.69, 9.17) is 16.3 Å². The summed E-state index contributed by atoms with van der Waals surface area (Å²) in [7, 11) is 0. The van der Waals surface area contributed by atoms with E-state index in [2.05, 4.69) is 22.0 Å². The van der Waals surface area contributed by atoms with E-state index in [0.29, 0.717) is 64.1 Å². The number of hydrogen-bond acceptors (Lipinski definition) is 6. The van der Waals surface area contributed by atoms with Crippen molar-refractivity contribution in [2.45, 2.75) is 32.9 Å². The zero-order chi connectivity index (χ0) is 36.5. The van der Waals surface area contributed by atoms with E-state index in [0.717, 1.165) is 37.7 Å². The summed E-state index contributed by atoms with van der Waals surface area (Å²) in [5.41, 5.74) is 5.83. The zero-order valence-corrected chi connectivity index (χ0v) is 29.6. The molecule has 2 aliphatic heterocycles. The van der Waals surface area contributed by atoms with Crippen LogP contribution in [0, 0.1) is 31.0 Å². The fraction of sp³-hybridized carbons (Fsp3) is 0.244. The molecule has 2 N–H and O–H groups in total. The molecule has 3 heterocycles. The molecule has 1 aromatic heterocycles. The number of morpholine rings is 1. The number of nitrogens with one attached hydrogen (secondary N) is 1. The molecule has 0 aliphatic carbocycles. The molecule has 52 heavy (non-hydrogen) atoms. The smallest absolute Gasteiger partial charge is 0.264 e. The predicted molar refractivity (Wildman–Crippen MR) is 197 cm³/mol. The number of aromatic amines is 1. The van der Waals surface area contributed by atoms with Crippen LogP contribution < -0.4 is 4.90 Å². The number of aromatic nitrogens is 1. The third-order valence-corrected chi connectivity index (χ3v) is 10.2. The number of amides is 2. The number of halogens is 2. The Kier molecular flexibility index (Phi) is 9.84. The second-order valence-corrected chi connectivity index (χ2v) is 13.7. The third-order valence-electron chi connectivity index (χ3n) is 9.96. The van der Waals surface area contributed by atoms with Crippen LogP contribution in [0.25, 0.3) is 11.3 Å². The molecule has 7 rings (SSSR count). The summed E-state index contributed by atoms with van der Waals surface area (Å²) in [6.07, 6.45) is 0.728. The number of nitrogens with zero attached hydrogens (tertiary/aromatic N) is 4. The minimum atomic E-state index is -0.705. The van der Waals surface area contributed by atoms with Gasteiger partial charge in [-0.1, -0.05) is 35.9 Å². The standard InChI is InChI=1S/C41H37ClFN5O4/c1-25-38(41(51)48(31-8-11-34(49)12-9-31)32-10-14-37(43)29(20-32)22-44)26(2)45-39(25)36-21-30(42)7-13-35(36)40(50)47-23-28-6-4-3-5-27(28)19-33(47)24-46-15-17-52-18-16-46/h3-14,20-21,33,45,49H,15-19,23-24H2,1-2H3/t33-/m0/s1. The van der Waals surface area contributed by atoms with Crippen LogP contribution in [0.3, 0.4) is 0 Å². The van der Waals surface area contributed by atoms with E-state index in [1.165, 1.54) is 34.7 Å². The Labute approximate surface area is 306 Å². The number of carbonyl (C=O) groups is 2. The summed E-state index contributed by atoms with van der Waals surface area (Å²) in [4.78, 5) is 38.5. The van der Waals surface area contributed by atoms with Gasteiger partial charge >= 0.3 is 0 Å². The lowest BCUT2D eigenvalue weighted by molar-refractivity contribution is 0.0193. The molecule has 0 spiro atoms. The molecule has 0 unspecified atom stereocenters. The molecule has 0 saturated carbocycles. The minimum absolute atomic E-state index is 0.00629. The number of ether oxygens (including phenoxy) is 1. The molecular formula is C41H37ClFN5O4. The quantitative estimate of drug-likeness (QED) is 0.180. The van der Waals surface area contributed by atoms with Gasteiger partial charge in [0.05, 0.1) is 35.7 Å². The second-order valence-electron chi connectivity index (χ2n) is 13.2. The van der Waals surface area contributed by atoms with Gasteiger partial charge in [-0.15, -0.1) is 0 Å². The Hall–Kier alpha value is -5.47. The number of rotatable bonds is 7. The van der Waals surface area contributed by atoms with Crippen molar-refractivity contribution in [3.05, 3.63) is 135 Å². The van der Waals surface area contributed by atoms with Crippen molar-refractivity contribution in [3.8, 4) is 23.1 Å². The van der Waals surface area contributed by atoms with E-state index in [1.54, 1.807) is 44.2 Å². The van der Waals surface area contributed by atoms with Gasteiger partial charge in [-0.05, 0) is 97.6 Å². The molecule has 2 amide bonds. The highest BCUT2D eigenvalue weighted by molar-refractivity contribution is 6.31. The molecule has 4 aromatic carbocycles. The SMILES string of the molecule is Cc1[nH]c(-c2cc(Cl)ccc2C(=O)N2Cc3ccccc3C[C@H]2CN2CCOCC2)c(C)c1C(=O)N(c1ccc(O)cc1)c1ccc(F)c(C#N)c1. The summed E-state index contributed by atoms with van der Waals surface area (Å²) in [5, 5.41) is 20.0. The number of fused-ring (bicyclic) bond motifs is 1. The average molecular weight is 718 g/mol. The van der Waals surface area contributed by atoms with E-state index in [9.17, 15) is 24.3 Å². The van der Waals surface area contributed by atoms with Gasteiger partial charge < -0.3 is 19.7 Å². The highest BCUT2D eigenvalue weighted by Crippen LogP contribution is 2.37. The van der Waals surface area contributed by atoms with Gasteiger partial charge in [0.2, 0.25) is 0 Å². The summed E-state index contributed by atoms with van der Waals surface area (Å²) in [6, 6.07) is 25.1. The topological polar surface area (TPSA) is 113 Å². The van der Waals surface area contributed by atoms with Crippen LogP contribution in [0.5, 0.6) is 5.75 Å². The predicted octanol–water partition coefficient (Wildman–Crippen LogP) is 7.55. The molecule has 264 valence electrons. The Morgan fingerprint density at radius 2 is 1.71 bits per heavy atom. The fourth-order valence-corrected chi connectivity index (χ4v) is 7.48. The van der Waals surface area contributed by atoms with Gasteiger partial charge in [-0.25, -0.2) is 4.39 Å². The Bertz CT molecular complexity index is 2210. The number of phenols is 1. The van der Waals surface area contributed by atoms with Crippen LogP contribution >= 0.6 is 11.6 Å². The van der Waals surface area contributed by atoms with Gasteiger partial charge in [0.25, 0.3) is 11.8 Å². The number of nitriles is 1. The first-order chi connectivity index (χ1) is 25.1. The maximum Gasteiger partial charge on any atom is 0.264 e. The summed E-state index contributed by atoms with van der Waals surface area (Å²) in [5.74, 6) is -1.29. The average Bonchev–Trinajstić information content (AvgIpc) is 3.45. The van der Waals surface area contributed by atoms with Crippen molar-refractivity contribution in [2.75, 3.05) is 37.7 Å². The highest BCUT2D eigenvalue weighted by atomic mass is 35.5. The Balaban J connectivity index is 1.29. The first-order valence-corrected chi connectivity index (χ1v) is 17.5. The summed E-state index contributed by atoms with van der Waals surface area (Å²) >= 11 is 6.60. The maximum absolute atomic E-state index is 14.8. The number of phenolic OH excluding ortho intramolecular Hbond substituents is 1. The van der Waals surface area contributed by atoms with Gasteiger partial charge in [-0.3, -0.25) is 19.4 Å². The van der Waals surface area contributed by atoms with E-state index >= 15 is 0 Å². The molecule has 2 aliphatic rings. The maximum atomic E-state index is 14.8. The first kappa shape index (κ1) is 35.0. The van der Waals surface area contributed by atoms with Crippen LogP contribution in [0.15, 0.2) is 84.9 Å². The minimum Gasteiger partial charge on any atom is -0.508 e. The molecule has 0 radical (unpaired) electrons. The van der Waals surface area contributed by atoms with Gasteiger partial charge in [-0.2, -0.15) is 5.26 Å². The molecule has 1 atom stereocenters. The number of hydrogen-bond donors (Lipinski definition) is 2. The molecule has 1 fully saturated rings. The summed E-state index contributed by atoms with van der Waals surface area (Å²) < 4.78 is 20.0. The van der Waals surface area contributed by atoms with E-state index < -0.39 is 11.7 Å². The number of benzene rings is 4. The molecule has 11 heteroatoms. The lowest BCUT2D eigenvalue weighted by atomic mass is 9.91. The summed E-state index contributed by atoms with van der Waals surface area (Å²) in [6.45, 7) is 7.70. The molecule has 1 saturated heterocycles. The monoisotopic (exact) mass is 717 g/mol. The molecular weight excluding hydrogens is 681 g/mol. The van der Waals surface area contributed by atoms with Crippen LogP contribution in [0.1, 0.15) is 48.7 Å². The van der Waals surface area contributed by atoms with E-state index in [-0.39, 0.29) is 28.9 Å². The number of anilines is 2.